The van der Waals surface area contributed by atoms with E-state index >= 15 is 0 Å². The monoisotopic (exact) mass is 337 g/mol. The van der Waals surface area contributed by atoms with E-state index in [1.807, 2.05) is 49.4 Å². The normalized spacial score (nSPS) is 12.1. The Morgan fingerprint density at radius 3 is 2.68 bits per heavy atom. The molecule has 2 amide bonds. The minimum atomic E-state index is -0.708. The van der Waals surface area contributed by atoms with Crippen molar-refractivity contribution >= 4 is 16.9 Å². The van der Waals surface area contributed by atoms with Crippen LogP contribution in [-0.4, -0.2) is 29.2 Å². The van der Waals surface area contributed by atoms with Crippen LogP contribution in [0.25, 0.3) is 10.9 Å². The number of carbonyl (C=O) groups excluding carboxylic acids is 1. The quantitative estimate of drug-likeness (QED) is 0.558. The van der Waals surface area contributed by atoms with Crippen molar-refractivity contribution in [2.45, 2.75) is 19.4 Å². The number of hydrogen-bond acceptors (Lipinski definition) is 2. The molecule has 2 aromatic carbocycles. The zero-order valence-corrected chi connectivity index (χ0v) is 14.3. The molecule has 5 heteroatoms. The number of aryl methyl sites for hydroxylation is 1. The molecule has 1 heterocycles. The van der Waals surface area contributed by atoms with E-state index in [1.54, 1.807) is 0 Å². The van der Waals surface area contributed by atoms with Gasteiger partial charge in [-0.05, 0) is 35.6 Å². The maximum atomic E-state index is 11.9. The molecule has 0 saturated heterocycles. The second-order valence-corrected chi connectivity index (χ2v) is 6.14. The van der Waals surface area contributed by atoms with Crippen LogP contribution >= 0.6 is 0 Å². The fourth-order valence-corrected chi connectivity index (χ4v) is 2.90. The minimum Gasteiger partial charge on any atom is -0.387 e. The number of carbonyl (C=O) groups is 1. The summed E-state index contributed by atoms with van der Waals surface area (Å²) in [7, 11) is 0. The molecule has 0 radical (unpaired) electrons. The van der Waals surface area contributed by atoms with E-state index in [1.165, 1.54) is 5.39 Å². The standard InChI is InChI=1S/C20H23N3O2/c1-14-6-2-4-8-17(14)19(24)13-22-20(25)21-11-10-16-12-15-7-3-5-9-18(15)23-16/h2-9,12,19,23-24H,10-11,13H2,1H3,(H2,21,22,25). The number of benzene rings is 2. The molecule has 130 valence electrons. The number of urea groups is 1. The first kappa shape index (κ1) is 17.0. The summed E-state index contributed by atoms with van der Waals surface area (Å²) in [6.45, 7) is 2.65. The van der Waals surface area contributed by atoms with Gasteiger partial charge in [0, 0.05) is 30.7 Å². The van der Waals surface area contributed by atoms with Gasteiger partial charge in [-0.3, -0.25) is 0 Å². The van der Waals surface area contributed by atoms with Gasteiger partial charge in [-0.2, -0.15) is 0 Å². The van der Waals surface area contributed by atoms with E-state index in [0.717, 1.165) is 28.8 Å². The van der Waals surface area contributed by atoms with Gasteiger partial charge in [0.05, 0.1) is 6.10 Å². The SMILES string of the molecule is Cc1ccccc1C(O)CNC(=O)NCCc1cc2ccccc2[nH]1. The molecule has 3 rings (SSSR count). The summed E-state index contributed by atoms with van der Waals surface area (Å²) < 4.78 is 0. The number of hydrogen-bond donors (Lipinski definition) is 4. The summed E-state index contributed by atoms with van der Waals surface area (Å²) in [5.74, 6) is 0. The van der Waals surface area contributed by atoms with E-state index in [-0.39, 0.29) is 12.6 Å². The number of rotatable bonds is 6. The van der Waals surface area contributed by atoms with Crippen LogP contribution in [0.2, 0.25) is 0 Å². The highest BCUT2D eigenvalue weighted by molar-refractivity contribution is 5.80. The molecule has 25 heavy (non-hydrogen) atoms. The number of para-hydroxylation sites is 1. The third-order valence-corrected chi connectivity index (χ3v) is 4.27. The first-order chi connectivity index (χ1) is 12.1. The van der Waals surface area contributed by atoms with Gasteiger partial charge in [0.2, 0.25) is 0 Å². The molecule has 0 fully saturated rings. The average molecular weight is 337 g/mol. The fourth-order valence-electron chi connectivity index (χ4n) is 2.90. The van der Waals surface area contributed by atoms with Crippen LogP contribution in [-0.2, 0) is 6.42 Å². The molecular formula is C20H23N3O2. The Labute approximate surface area is 147 Å². The van der Waals surface area contributed by atoms with E-state index in [2.05, 4.69) is 27.8 Å². The van der Waals surface area contributed by atoms with Gasteiger partial charge >= 0.3 is 6.03 Å². The number of aliphatic hydroxyl groups is 1. The van der Waals surface area contributed by atoms with Crippen LogP contribution < -0.4 is 10.6 Å². The summed E-state index contributed by atoms with van der Waals surface area (Å²) in [5.41, 5.74) is 4.03. The number of H-pyrrole nitrogens is 1. The third-order valence-electron chi connectivity index (χ3n) is 4.27. The molecule has 5 nitrogen and oxygen atoms in total. The molecule has 1 unspecified atom stereocenters. The lowest BCUT2D eigenvalue weighted by Gasteiger charge is -2.14. The molecule has 1 atom stereocenters. The molecule has 3 aromatic rings. The van der Waals surface area contributed by atoms with E-state index in [4.69, 9.17) is 0 Å². The van der Waals surface area contributed by atoms with Gasteiger partial charge in [-0.1, -0.05) is 42.5 Å². The highest BCUT2D eigenvalue weighted by atomic mass is 16.3. The average Bonchev–Trinajstić information content (AvgIpc) is 3.03. The first-order valence-electron chi connectivity index (χ1n) is 8.45. The summed E-state index contributed by atoms with van der Waals surface area (Å²) >= 11 is 0. The van der Waals surface area contributed by atoms with Crippen LogP contribution in [0.3, 0.4) is 0 Å². The van der Waals surface area contributed by atoms with Crippen LogP contribution in [0.4, 0.5) is 4.79 Å². The second-order valence-electron chi connectivity index (χ2n) is 6.14. The van der Waals surface area contributed by atoms with Crippen molar-refractivity contribution < 1.29 is 9.90 Å². The molecule has 0 aliphatic carbocycles. The highest BCUT2D eigenvalue weighted by Crippen LogP contribution is 2.16. The maximum absolute atomic E-state index is 11.9. The number of aromatic amines is 1. The summed E-state index contributed by atoms with van der Waals surface area (Å²) in [4.78, 5) is 15.2. The summed E-state index contributed by atoms with van der Waals surface area (Å²) in [6, 6.07) is 17.5. The predicted molar refractivity (Wildman–Crippen MR) is 99.5 cm³/mol. The van der Waals surface area contributed by atoms with Gasteiger partial charge in [-0.15, -0.1) is 0 Å². The molecule has 0 bridgehead atoms. The third kappa shape index (κ3) is 4.39. The smallest absolute Gasteiger partial charge is 0.314 e. The Kier molecular flexibility index (Phi) is 5.36. The van der Waals surface area contributed by atoms with E-state index in [9.17, 15) is 9.90 Å². The molecule has 0 spiro atoms. The number of amides is 2. The van der Waals surface area contributed by atoms with Crippen molar-refractivity contribution in [3.63, 3.8) is 0 Å². The van der Waals surface area contributed by atoms with Crippen LogP contribution in [0.15, 0.2) is 54.6 Å². The van der Waals surface area contributed by atoms with Gasteiger partial charge in [0.15, 0.2) is 0 Å². The lowest BCUT2D eigenvalue weighted by atomic mass is 10.0. The lowest BCUT2D eigenvalue weighted by molar-refractivity contribution is 0.172. The topological polar surface area (TPSA) is 77.2 Å². The van der Waals surface area contributed by atoms with Crippen LogP contribution in [0.1, 0.15) is 22.9 Å². The molecule has 4 N–H and O–H groups in total. The van der Waals surface area contributed by atoms with Crippen LogP contribution in [0.5, 0.6) is 0 Å². The molecule has 0 aliphatic rings. The number of aromatic nitrogens is 1. The summed E-state index contributed by atoms with van der Waals surface area (Å²) in [6.07, 6.45) is 0.0169. The number of aliphatic hydroxyl groups excluding tert-OH is 1. The largest absolute Gasteiger partial charge is 0.387 e. The Bertz CT molecular complexity index is 824. The predicted octanol–water partition coefficient (Wildman–Crippen LogP) is 3.05. The molecule has 0 aliphatic heterocycles. The Morgan fingerprint density at radius 2 is 1.88 bits per heavy atom. The Morgan fingerprint density at radius 1 is 1.12 bits per heavy atom. The first-order valence-corrected chi connectivity index (χ1v) is 8.45. The van der Waals surface area contributed by atoms with Crippen LogP contribution in [0, 0.1) is 6.92 Å². The van der Waals surface area contributed by atoms with Gasteiger partial charge in [0.25, 0.3) is 0 Å². The Balaban J connectivity index is 1.43. The van der Waals surface area contributed by atoms with Gasteiger partial charge < -0.3 is 20.7 Å². The van der Waals surface area contributed by atoms with Gasteiger partial charge in [0.1, 0.15) is 0 Å². The highest BCUT2D eigenvalue weighted by Gasteiger charge is 2.11. The van der Waals surface area contributed by atoms with Crippen molar-refractivity contribution in [1.82, 2.24) is 15.6 Å². The van der Waals surface area contributed by atoms with Crippen molar-refractivity contribution in [2.24, 2.45) is 0 Å². The van der Waals surface area contributed by atoms with Crippen molar-refractivity contribution in [3.05, 3.63) is 71.4 Å². The number of nitrogens with one attached hydrogen (secondary N) is 3. The van der Waals surface area contributed by atoms with E-state index < -0.39 is 6.10 Å². The second kappa shape index (κ2) is 7.85. The fraction of sp³-hybridized carbons (Fsp3) is 0.250. The van der Waals surface area contributed by atoms with Gasteiger partial charge in [-0.25, -0.2) is 4.79 Å². The number of fused-ring (bicyclic) bond motifs is 1. The lowest BCUT2D eigenvalue weighted by Crippen LogP contribution is -2.38. The maximum Gasteiger partial charge on any atom is 0.314 e. The zero-order valence-electron chi connectivity index (χ0n) is 14.3. The van der Waals surface area contributed by atoms with Crippen molar-refractivity contribution in [1.29, 1.82) is 0 Å². The van der Waals surface area contributed by atoms with Crippen molar-refractivity contribution in [2.75, 3.05) is 13.1 Å². The zero-order chi connectivity index (χ0) is 17.6. The summed E-state index contributed by atoms with van der Waals surface area (Å²) in [5, 5.41) is 16.9. The molecule has 0 saturated carbocycles. The van der Waals surface area contributed by atoms with Crippen molar-refractivity contribution in [3.8, 4) is 0 Å². The minimum absolute atomic E-state index is 0.184. The van der Waals surface area contributed by atoms with E-state index in [0.29, 0.717) is 6.54 Å². The Hall–Kier alpha value is -2.79. The molecule has 1 aromatic heterocycles. The molecular weight excluding hydrogens is 314 g/mol.